The molecule has 2 rings (SSSR count). The van der Waals surface area contributed by atoms with Crippen LogP contribution < -0.4 is 4.74 Å². The predicted molar refractivity (Wildman–Crippen MR) is 85.8 cm³/mol. The van der Waals surface area contributed by atoms with Crippen molar-refractivity contribution in [3.63, 3.8) is 0 Å². The van der Waals surface area contributed by atoms with Gasteiger partial charge >= 0.3 is 0 Å². The molecular weight excluding hydrogens is 262 g/mol. The first kappa shape index (κ1) is 15.5. The third-order valence-electron chi connectivity index (χ3n) is 3.32. The molecule has 0 aliphatic rings. The minimum Gasteiger partial charge on any atom is -0.497 e. The highest BCUT2D eigenvalue weighted by atomic mass is 16.5. The van der Waals surface area contributed by atoms with Crippen LogP contribution in [0.4, 0.5) is 0 Å². The molecule has 21 heavy (non-hydrogen) atoms. The van der Waals surface area contributed by atoms with E-state index < -0.39 is 0 Å². The molecule has 0 saturated carbocycles. The molecule has 0 amide bonds. The fourth-order valence-corrected chi connectivity index (χ4v) is 2.17. The van der Waals surface area contributed by atoms with Gasteiger partial charge in [0, 0.05) is 6.54 Å². The summed E-state index contributed by atoms with van der Waals surface area (Å²) in [7, 11) is 5.78. The lowest BCUT2D eigenvalue weighted by Gasteiger charge is -2.20. The SMILES string of the molecule is COc1cccc(C(OCCN(C)C)c2ccccc2)c1. The Bertz CT molecular complexity index is 540. The first-order chi connectivity index (χ1) is 10.2. The maximum absolute atomic E-state index is 6.13. The first-order valence-corrected chi connectivity index (χ1v) is 7.16. The van der Waals surface area contributed by atoms with E-state index in [-0.39, 0.29) is 6.10 Å². The zero-order chi connectivity index (χ0) is 15.1. The highest BCUT2D eigenvalue weighted by molar-refractivity contribution is 5.35. The van der Waals surface area contributed by atoms with Gasteiger partial charge in [-0.1, -0.05) is 42.5 Å². The number of rotatable bonds is 7. The van der Waals surface area contributed by atoms with Crippen molar-refractivity contribution < 1.29 is 9.47 Å². The number of likely N-dealkylation sites (N-methyl/N-ethyl adjacent to an activating group) is 1. The molecule has 0 radical (unpaired) electrons. The second kappa shape index (κ2) is 7.81. The molecule has 1 unspecified atom stereocenters. The van der Waals surface area contributed by atoms with Gasteiger partial charge in [0.15, 0.2) is 0 Å². The van der Waals surface area contributed by atoms with Crippen molar-refractivity contribution in [3.05, 3.63) is 65.7 Å². The summed E-state index contributed by atoms with van der Waals surface area (Å²) in [6.45, 7) is 1.58. The molecule has 0 heterocycles. The van der Waals surface area contributed by atoms with Gasteiger partial charge in [0.05, 0.1) is 13.7 Å². The molecule has 0 N–H and O–H groups in total. The summed E-state index contributed by atoms with van der Waals surface area (Å²) in [6.07, 6.45) is -0.0683. The molecule has 0 aromatic heterocycles. The fraction of sp³-hybridized carbons (Fsp3) is 0.333. The molecular formula is C18H23NO2. The van der Waals surface area contributed by atoms with E-state index in [9.17, 15) is 0 Å². The maximum Gasteiger partial charge on any atom is 0.119 e. The molecule has 2 aromatic rings. The number of ether oxygens (including phenoxy) is 2. The van der Waals surface area contributed by atoms with Gasteiger partial charge in [-0.2, -0.15) is 0 Å². The lowest BCUT2D eigenvalue weighted by molar-refractivity contribution is 0.0686. The van der Waals surface area contributed by atoms with E-state index in [0.29, 0.717) is 6.61 Å². The summed E-state index contributed by atoms with van der Waals surface area (Å²) in [5.74, 6) is 0.852. The Kier molecular flexibility index (Phi) is 5.78. The number of methoxy groups -OCH3 is 1. The second-order valence-corrected chi connectivity index (χ2v) is 5.24. The van der Waals surface area contributed by atoms with Crippen LogP contribution in [0.15, 0.2) is 54.6 Å². The number of nitrogens with zero attached hydrogens (tertiary/aromatic N) is 1. The van der Waals surface area contributed by atoms with Crippen molar-refractivity contribution in [2.45, 2.75) is 6.10 Å². The van der Waals surface area contributed by atoms with E-state index in [4.69, 9.17) is 9.47 Å². The Balaban J connectivity index is 2.22. The van der Waals surface area contributed by atoms with E-state index in [0.717, 1.165) is 23.4 Å². The average Bonchev–Trinajstić information content (AvgIpc) is 2.52. The topological polar surface area (TPSA) is 21.7 Å². The third kappa shape index (κ3) is 4.59. The zero-order valence-electron chi connectivity index (χ0n) is 13.0. The highest BCUT2D eigenvalue weighted by Crippen LogP contribution is 2.28. The molecule has 0 saturated heterocycles. The number of benzene rings is 2. The fourth-order valence-electron chi connectivity index (χ4n) is 2.17. The molecule has 0 aliphatic carbocycles. The average molecular weight is 285 g/mol. The molecule has 0 aliphatic heterocycles. The highest BCUT2D eigenvalue weighted by Gasteiger charge is 2.15. The van der Waals surface area contributed by atoms with E-state index in [1.54, 1.807) is 7.11 Å². The molecule has 0 spiro atoms. The summed E-state index contributed by atoms with van der Waals surface area (Å²) in [5, 5.41) is 0. The van der Waals surface area contributed by atoms with Crippen LogP contribution in [0.1, 0.15) is 17.2 Å². The van der Waals surface area contributed by atoms with Gasteiger partial charge in [0.25, 0.3) is 0 Å². The molecule has 2 aromatic carbocycles. The van der Waals surface area contributed by atoms with Crippen molar-refractivity contribution in [1.29, 1.82) is 0 Å². The lowest BCUT2D eigenvalue weighted by atomic mass is 10.0. The molecule has 3 heteroatoms. The maximum atomic E-state index is 6.13. The first-order valence-electron chi connectivity index (χ1n) is 7.16. The van der Waals surface area contributed by atoms with Crippen molar-refractivity contribution in [3.8, 4) is 5.75 Å². The van der Waals surface area contributed by atoms with Crippen LogP contribution in [-0.2, 0) is 4.74 Å². The van der Waals surface area contributed by atoms with Crippen LogP contribution in [0.3, 0.4) is 0 Å². The van der Waals surface area contributed by atoms with Crippen LogP contribution >= 0.6 is 0 Å². The van der Waals surface area contributed by atoms with E-state index in [1.807, 2.05) is 50.5 Å². The summed E-state index contributed by atoms with van der Waals surface area (Å²) in [4.78, 5) is 2.12. The number of hydrogen-bond acceptors (Lipinski definition) is 3. The summed E-state index contributed by atoms with van der Waals surface area (Å²) in [5.41, 5.74) is 2.27. The Morgan fingerprint density at radius 3 is 2.33 bits per heavy atom. The van der Waals surface area contributed by atoms with Crippen LogP contribution in [-0.4, -0.2) is 39.3 Å². The predicted octanol–water partition coefficient (Wildman–Crippen LogP) is 3.36. The van der Waals surface area contributed by atoms with Gasteiger partial charge in [-0.25, -0.2) is 0 Å². The van der Waals surface area contributed by atoms with Gasteiger partial charge in [0.1, 0.15) is 11.9 Å². The Morgan fingerprint density at radius 1 is 0.952 bits per heavy atom. The van der Waals surface area contributed by atoms with Crippen molar-refractivity contribution >= 4 is 0 Å². The Morgan fingerprint density at radius 2 is 1.67 bits per heavy atom. The molecule has 3 nitrogen and oxygen atoms in total. The van der Waals surface area contributed by atoms with Gasteiger partial charge in [-0.15, -0.1) is 0 Å². The van der Waals surface area contributed by atoms with Gasteiger partial charge in [-0.05, 0) is 37.4 Å². The summed E-state index contributed by atoms with van der Waals surface area (Å²) in [6, 6.07) is 18.4. The van der Waals surface area contributed by atoms with E-state index >= 15 is 0 Å². The minimum absolute atomic E-state index is 0.0683. The quantitative estimate of drug-likeness (QED) is 0.778. The lowest BCUT2D eigenvalue weighted by Crippen LogP contribution is -2.20. The Labute approximate surface area is 127 Å². The number of hydrogen-bond donors (Lipinski definition) is 0. The van der Waals surface area contributed by atoms with Crippen molar-refractivity contribution in [2.75, 3.05) is 34.4 Å². The van der Waals surface area contributed by atoms with Crippen molar-refractivity contribution in [2.24, 2.45) is 0 Å². The van der Waals surface area contributed by atoms with Crippen LogP contribution in [0.5, 0.6) is 5.75 Å². The zero-order valence-corrected chi connectivity index (χ0v) is 13.0. The normalized spacial score (nSPS) is 12.4. The second-order valence-electron chi connectivity index (χ2n) is 5.24. The molecule has 112 valence electrons. The van der Waals surface area contributed by atoms with Gasteiger partial charge in [-0.3, -0.25) is 0 Å². The standard InChI is InChI=1S/C18H23NO2/c1-19(2)12-13-21-18(15-8-5-4-6-9-15)16-10-7-11-17(14-16)20-3/h4-11,14,18H,12-13H2,1-3H3. The summed E-state index contributed by atoms with van der Waals surface area (Å²) < 4.78 is 11.4. The Hall–Kier alpha value is -1.84. The third-order valence-corrected chi connectivity index (χ3v) is 3.32. The van der Waals surface area contributed by atoms with Crippen LogP contribution in [0, 0.1) is 0 Å². The summed E-state index contributed by atoms with van der Waals surface area (Å²) >= 11 is 0. The minimum atomic E-state index is -0.0683. The van der Waals surface area contributed by atoms with E-state index in [2.05, 4.69) is 23.1 Å². The monoisotopic (exact) mass is 285 g/mol. The van der Waals surface area contributed by atoms with E-state index in [1.165, 1.54) is 0 Å². The van der Waals surface area contributed by atoms with Crippen LogP contribution in [0.25, 0.3) is 0 Å². The van der Waals surface area contributed by atoms with Gasteiger partial charge in [0.2, 0.25) is 0 Å². The van der Waals surface area contributed by atoms with Gasteiger partial charge < -0.3 is 14.4 Å². The van der Waals surface area contributed by atoms with Crippen LogP contribution in [0.2, 0.25) is 0 Å². The molecule has 0 fully saturated rings. The van der Waals surface area contributed by atoms with Crippen molar-refractivity contribution in [1.82, 2.24) is 4.90 Å². The largest absolute Gasteiger partial charge is 0.497 e. The smallest absolute Gasteiger partial charge is 0.119 e. The molecule has 0 bridgehead atoms. The molecule has 1 atom stereocenters.